The van der Waals surface area contributed by atoms with E-state index in [2.05, 4.69) is 15.4 Å². The van der Waals surface area contributed by atoms with Crippen LogP contribution < -0.4 is 5.32 Å². The minimum atomic E-state index is -0.173. The second-order valence-corrected chi connectivity index (χ2v) is 6.48. The number of nitrogens with zero attached hydrogens (tertiary/aromatic N) is 4. The summed E-state index contributed by atoms with van der Waals surface area (Å²) in [4.78, 5) is 30.1. The molecule has 1 unspecified atom stereocenters. The first kappa shape index (κ1) is 19.3. The van der Waals surface area contributed by atoms with E-state index in [4.69, 9.17) is 0 Å². The predicted octanol–water partition coefficient (Wildman–Crippen LogP) is 2.61. The zero-order chi connectivity index (χ0) is 19.9. The quantitative estimate of drug-likeness (QED) is 0.686. The molecule has 1 N–H and O–H groups in total. The molecule has 3 rings (SSSR count). The molecule has 0 saturated carbocycles. The molecule has 0 fully saturated rings. The van der Waals surface area contributed by atoms with Gasteiger partial charge in [-0.25, -0.2) is 9.67 Å². The fraction of sp³-hybridized carbons (Fsp3) is 0.238. The molecule has 1 heterocycles. The lowest BCUT2D eigenvalue weighted by molar-refractivity contribution is -0.131. The van der Waals surface area contributed by atoms with E-state index in [9.17, 15) is 9.59 Å². The number of nitrogens with one attached hydrogen (secondary N) is 1. The van der Waals surface area contributed by atoms with Crippen molar-refractivity contribution in [1.82, 2.24) is 25.0 Å². The third kappa shape index (κ3) is 4.62. The fourth-order valence-corrected chi connectivity index (χ4v) is 2.84. The van der Waals surface area contributed by atoms with Crippen LogP contribution in [0.1, 0.15) is 35.3 Å². The molecule has 3 aromatic rings. The van der Waals surface area contributed by atoms with E-state index < -0.39 is 0 Å². The highest BCUT2D eigenvalue weighted by atomic mass is 16.2. The molecule has 0 bridgehead atoms. The molecule has 1 atom stereocenters. The van der Waals surface area contributed by atoms with Gasteiger partial charge in [0.15, 0.2) is 0 Å². The van der Waals surface area contributed by atoms with Crippen molar-refractivity contribution in [2.75, 3.05) is 13.6 Å². The van der Waals surface area contributed by atoms with Crippen LogP contribution in [0.3, 0.4) is 0 Å². The number of carbonyl (C=O) groups is 2. The third-order valence-corrected chi connectivity index (χ3v) is 4.69. The first-order chi connectivity index (χ1) is 13.6. The summed E-state index contributed by atoms with van der Waals surface area (Å²) in [6.07, 6.45) is 3.37. The molecule has 2 amide bonds. The average Bonchev–Trinajstić information content (AvgIpc) is 3.28. The molecule has 1 aromatic heterocycles. The first-order valence-electron chi connectivity index (χ1n) is 9.10. The minimum absolute atomic E-state index is 0.0267. The maximum Gasteiger partial charge on any atom is 0.251 e. The lowest BCUT2D eigenvalue weighted by Crippen LogP contribution is -2.33. The van der Waals surface area contributed by atoms with E-state index in [1.165, 1.54) is 6.33 Å². The molecule has 0 aliphatic rings. The Labute approximate surface area is 164 Å². The molecule has 0 aliphatic heterocycles. The lowest BCUT2D eigenvalue weighted by Gasteiger charge is -2.25. The summed E-state index contributed by atoms with van der Waals surface area (Å²) >= 11 is 0. The molecule has 0 aliphatic carbocycles. The van der Waals surface area contributed by atoms with Gasteiger partial charge in [-0.1, -0.05) is 30.3 Å². The van der Waals surface area contributed by atoms with E-state index in [-0.39, 0.29) is 24.3 Å². The third-order valence-electron chi connectivity index (χ3n) is 4.69. The summed E-state index contributed by atoms with van der Waals surface area (Å²) in [6, 6.07) is 16.7. The second-order valence-electron chi connectivity index (χ2n) is 6.48. The normalized spacial score (nSPS) is 11.6. The molecule has 0 spiro atoms. The highest BCUT2D eigenvalue weighted by Gasteiger charge is 2.17. The minimum Gasteiger partial charge on any atom is -0.352 e. The van der Waals surface area contributed by atoms with Gasteiger partial charge < -0.3 is 10.2 Å². The van der Waals surface area contributed by atoms with Crippen LogP contribution in [-0.4, -0.2) is 45.1 Å². The van der Waals surface area contributed by atoms with Crippen LogP contribution in [0.4, 0.5) is 0 Å². The molecule has 2 aromatic carbocycles. The Kier molecular flexibility index (Phi) is 6.16. The van der Waals surface area contributed by atoms with Gasteiger partial charge >= 0.3 is 0 Å². The maximum absolute atomic E-state index is 12.5. The Morgan fingerprint density at radius 2 is 1.82 bits per heavy atom. The van der Waals surface area contributed by atoms with E-state index in [1.54, 1.807) is 35.1 Å². The van der Waals surface area contributed by atoms with E-state index >= 15 is 0 Å². The van der Waals surface area contributed by atoms with Crippen molar-refractivity contribution < 1.29 is 9.59 Å². The number of aromatic nitrogens is 3. The first-order valence-corrected chi connectivity index (χ1v) is 9.10. The standard InChI is InChI=1S/C21H23N5O2/c1-16(17-8-10-19(11-9-17)26-15-22-14-24-26)25(2)20(27)12-13-23-21(28)18-6-4-3-5-7-18/h3-11,14-16H,12-13H2,1-2H3,(H,23,28). The monoisotopic (exact) mass is 377 g/mol. The molecular weight excluding hydrogens is 354 g/mol. The van der Waals surface area contributed by atoms with Crippen molar-refractivity contribution in [3.05, 3.63) is 78.4 Å². The van der Waals surface area contributed by atoms with Crippen molar-refractivity contribution in [2.24, 2.45) is 0 Å². The Balaban J connectivity index is 1.52. The lowest BCUT2D eigenvalue weighted by atomic mass is 10.1. The van der Waals surface area contributed by atoms with E-state index in [0.29, 0.717) is 12.1 Å². The Morgan fingerprint density at radius 3 is 2.46 bits per heavy atom. The van der Waals surface area contributed by atoms with Gasteiger partial charge in [0.25, 0.3) is 5.91 Å². The van der Waals surface area contributed by atoms with Crippen LogP contribution in [0.25, 0.3) is 5.69 Å². The fourth-order valence-electron chi connectivity index (χ4n) is 2.84. The van der Waals surface area contributed by atoms with Gasteiger partial charge in [0.05, 0.1) is 11.7 Å². The Bertz CT molecular complexity index is 908. The Hall–Kier alpha value is -3.48. The molecule has 28 heavy (non-hydrogen) atoms. The zero-order valence-electron chi connectivity index (χ0n) is 15.9. The highest BCUT2D eigenvalue weighted by Crippen LogP contribution is 2.20. The summed E-state index contributed by atoms with van der Waals surface area (Å²) in [7, 11) is 1.78. The SMILES string of the molecule is CC(c1ccc(-n2cncn2)cc1)N(C)C(=O)CCNC(=O)c1ccccc1. The van der Waals surface area contributed by atoms with E-state index in [0.717, 1.165) is 11.3 Å². The zero-order valence-corrected chi connectivity index (χ0v) is 15.9. The van der Waals surface area contributed by atoms with Gasteiger partial charge in [-0.3, -0.25) is 9.59 Å². The molecule has 0 radical (unpaired) electrons. The van der Waals surface area contributed by atoms with Crippen molar-refractivity contribution in [1.29, 1.82) is 0 Å². The summed E-state index contributed by atoms with van der Waals surface area (Å²) in [6.45, 7) is 2.28. The highest BCUT2D eigenvalue weighted by molar-refractivity contribution is 5.94. The summed E-state index contributed by atoms with van der Waals surface area (Å²) < 4.78 is 1.68. The topological polar surface area (TPSA) is 80.1 Å². The van der Waals surface area contributed by atoms with E-state index in [1.807, 2.05) is 49.4 Å². The van der Waals surface area contributed by atoms with Crippen molar-refractivity contribution >= 4 is 11.8 Å². The second kappa shape index (κ2) is 8.94. The van der Waals surface area contributed by atoms with Gasteiger partial charge in [0.1, 0.15) is 12.7 Å². The van der Waals surface area contributed by atoms with Crippen molar-refractivity contribution in [3.63, 3.8) is 0 Å². The average molecular weight is 377 g/mol. The van der Waals surface area contributed by atoms with Crippen LogP contribution in [-0.2, 0) is 4.79 Å². The molecule has 7 heteroatoms. The Morgan fingerprint density at radius 1 is 1.11 bits per heavy atom. The van der Waals surface area contributed by atoms with Crippen LogP contribution in [0.15, 0.2) is 67.3 Å². The summed E-state index contributed by atoms with van der Waals surface area (Å²) in [5.41, 5.74) is 2.52. The number of hydrogen-bond acceptors (Lipinski definition) is 4. The summed E-state index contributed by atoms with van der Waals surface area (Å²) in [5.74, 6) is -0.200. The van der Waals surface area contributed by atoms with Gasteiger partial charge in [-0.05, 0) is 36.8 Å². The predicted molar refractivity (Wildman–Crippen MR) is 106 cm³/mol. The number of carbonyl (C=O) groups excluding carboxylic acids is 2. The molecule has 0 saturated heterocycles. The summed E-state index contributed by atoms with van der Waals surface area (Å²) in [5, 5.41) is 6.89. The van der Waals surface area contributed by atoms with Crippen molar-refractivity contribution in [2.45, 2.75) is 19.4 Å². The number of amides is 2. The van der Waals surface area contributed by atoms with Crippen LogP contribution in [0, 0.1) is 0 Å². The van der Waals surface area contributed by atoms with Gasteiger partial charge in [0.2, 0.25) is 5.91 Å². The maximum atomic E-state index is 12.5. The number of rotatable bonds is 7. The largest absolute Gasteiger partial charge is 0.352 e. The van der Waals surface area contributed by atoms with Crippen LogP contribution >= 0.6 is 0 Å². The van der Waals surface area contributed by atoms with Gasteiger partial charge in [0, 0.05) is 25.6 Å². The molecule has 144 valence electrons. The van der Waals surface area contributed by atoms with Crippen molar-refractivity contribution in [3.8, 4) is 5.69 Å². The number of benzene rings is 2. The van der Waals surface area contributed by atoms with Crippen LogP contribution in [0.5, 0.6) is 0 Å². The number of hydrogen-bond donors (Lipinski definition) is 1. The van der Waals surface area contributed by atoms with Gasteiger partial charge in [-0.15, -0.1) is 0 Å². The molecular formula is C21H23N5O2. The smallest absolute Gasteiger partial charge is 0.251 e. The van der Waals surface area contributed by atoms with Crippen LogP contribution in [0.2, 0.25) is 0 Å². The van der Waals surface area contributed by atoms with Gasteiger partial charge in [-0.2, -0.15) is 5.10 Å². The molecule has 7 nitrogen and oxygen atoms in total.